The van der Waals surface area contributed by atoms with E-state index < -0.39 is 0 Å². The molecule has 0 aliphatic heterocycles. The molecule has 0 aliphatic rings. The minimum absolute atomic E-state index is 0.244. The van der Waals surface area contributed by atoms with Gasteiger partial charge >= 0.3 is 0 Å². The average Bonchev–Trinajstić information content (AvgIpc) is 2.27. The van der Waals surface area contributed by atoms with Crippen LogP contribution in [0.2, 0.25) is 0 Å². The Kier molecular flexibility index (Phi) is 5.41. The van der Waals surface area contributed by atoms with Crippen molar-refractivity contribution in [1.29, 1.82) is 0 Å². The highest BCUT2D eigenvalue weighted by Gasteiger charge is 2.03. The minimum Gasteiger partial charge on any atom is -0.370 e. The van der Waals surface area contributed by atoms with Crippen molar-refractivity contribution in [2.75, 3.05) is 0 Å². The van der Waals surface area contributed by atoms with E-state index in [1.165, 1.54) is 6.07 Å². The smallest absolute Gasteiger partial charge is 0.189 e. The molecule has 1 rings (SSSR count). The van der Waals surface area contributed by atoms with Gasteiger partial charge in [0.05, 0.1) is 6.54 Å². The van der Waals surface area contributed by atoms with Crippen LogP contribution in [0, 0.1) is 5.82 Å². The lowest BCUT2D eigenvalue weighted by Gasteiger charge is -2.11. The molecule has 0 fully saturated rings. The topological polar surface area (TPSA) is 50.4 Å². The lowest BCUT2D eigenvalue weighted by molar-refractivity contribution is 0.608. The van der Waals surface area contributed by atoms with E-state index >= 15 is 0 Å². The number of halogens is 2. The Bertz CT molecular complexity index is 407. The van der Waals surface area contributed by atoms with E-state index in [1.54, 1.807) is 12.1 Å². The van der Waals surface area contributed by atoms with E-state index in [0.29, 0.717) is 16.0 Å². The number of hydrogen-bond donors (Lipinski definition) is 2. The Hall–Kier alpha value is -1.10. The molecule has 0 saturated carbocycles. The lowest BCUT2D eigenvalue weighted by Crippen LogP contribution is -2.38. The largest absolute Gasteiger partial charge is 0.370 e. The van der Waals surface area contributed by atoms with Gasteiger partial charge in [0, 0.05) is 16.1 Å². The zero-order valence-electron chi connectivity index (χ0n) is 10.0. The van der Waals surface area contributed by atoms with Crippen molar-refractivity contribution < 1.29 is 4.39 Å². The number of benzene rings is 1. The van der Waals surface area contributed by atoms with Crippen LogP contribution in [-0.4, -0.2) is 12.0 Å². The van der Waals surface area contributed by atoms with E-state index in [0.717, 1.165) is 6.42 Å². The molecular formula is C12H17BrFN3. The summed E-state index contributed by atoms with van der Waals surface area (Å²) in [4.78, 5) is 4.10. The molecule has 0 saturated heterocycles. The van der Waals surface area contributed by atoms with Crippen LogP contribution in [0.4, 0.5) is 4.39 Å². The molecular weight excluding hydrogens is 285 g/mol. The average molecular weight is 302 g/mol. The third-order valence-electron chi connectivity index (χ3n) is 2.44. The molecule has 94 valence electrons. The first-order chi connectivity index (χ1) is 8.02. The van der Waals surface area contributed by atoms with Gasteiger partial charge in [-0.15, -0.1) is 0 Å². The highest BCUT2D eigenvalue weighted by atomic mass is 79.9. The summed E-state index contributed by atoms with van der Waals surface area (Å²) in [5.74, 6) is 0.0705. The fourth-order valence-corrected chi connectivity index (χ4v) is 1.55. The van der Waals surface area contributed by atoms with Gasteiger partial charge in [-0.2, -0.15) is 0 Å². The van der Waals surface area contributed by atoms with Gasteiger partial charge in [-0.25, -0.2) is 9.38 Å². The Morgan fingerprint density at radius 3 is 2.88 bits per heavy atom. The van der Waals surface area contributed by atoms with Crippen LogP contribution in [-0.2, 0) is 6.54 Å². The highest BCUT2D eigenvalue weighted by Crippen LogP contribution is 2.15. The maximum Gasteiger partial charge on any atom is 0.189 e. The van der Waals surface area contributed by atoms with Gasteiger partial charge in [0.2, 0.25) is 0 Å². The van der Waals surface area contributed by atoms with E-state index in [1.807, 2.05) is 6.92 Å². The summed E-state index contributed by atoms with van der Waals surface area (Å²) in [6, 6.07) is 5.17. The third kappa shape index (κ3) is 4.73. The molecule has 1 aromatic carbocycles. The first kappa shape index (κ1) is 14.0. The SMILES string of the molecule is CCC(C)NC(N)=NCc1ccc(Br)cc1F. The second-order valence-electron chi connectivity index (χ2n) is 3.89. The van der Waals surface area contributed by atoms with E-state index in [9.17, 15) is 4.39 Å². The zero-order valence-corrected chi connectivity index (χ0v) is 11.6. The Balaban J connectivity index is 2.62. The molecule has 3 N–H and O–H groups in total. The van der Waals surface area contributed by atoms with Gasteiger partial charge in [0.1, 0.15) is 5.82 Å². The van der Waals surface area contributed by atoms with Crippen LogP contribution >= 0.6 is 15.9 Å². The molecule has 0 bridgehead atoms. The standard InChI is InChI=1S/C12H17BrFN3/c1-3-8(2)17-12(15)16-7-9-4-5-10(13)6-11(9)14/h4-6,8H,3,7H2,1-2H3,(H3,15,16,17). The summed E-state index contributed by atoms with van der Waals surface area (Å²) in [7, 11) is 0. The molecule has 1 atom stereocenters. The van der Waals surface area contributed by atoms with Gasteiger partial charge in [-0.05, 0) is 25.5 Å². The van der Waals surface area contributed by atoms with Crippen LogP contribution in [0.25, 0.3) is 0 Å². The van der Waals surface area contributed by atoms with Crippen molar-refractivity contribution >= 4 is 21.9 Å². The molecule has 0 radical (unpaired) electrons. The van der Waals surface area contributed by atoms with Gasteiger partial charge in [0.15, 0.2) is 5.96 Å². The normalized spacial score (nSPS) is 13.5. The number of rotatable bonds is 4. The quantitative estimate of drug-likeness (QED) is 0.664. The summed E-state index contributed by atoms with van der Waals surface area (Å²) in [6.07, 6.45) is 0.961. The van der Waals surface area contributed by atoms with E-state index in [-0.39, 0.29) is 18.4 Å². The summed E-state index contributed by atoms with van der Waals surface area (Å²) in [6.45, 7) is 4.32. The van der Waals surface area contributed by atoms with Gasteiger partial charge in [-0.1, -0.05) is 28.9 Å². The monoisotopic (exact) mass is 301 g/mol. The first-order valence-corrected chi connectivity index (χ1v) is 6.32. The fourth-order valence-electron chi connectivity index (χ4n) is 1.22. The summed E-state index contributed by atoms with van der Waals surface area (Å²) in [5, 5.41) is 3.03. The van der Waals surface area contributed by atoms with Crippen LogP contribution in [0.15, 0.2) is 27.7 Å². The molecule has 5 heteroatoms. The lowest BCUT2D eigenvalue weighted by atomic mass is 10.2. The van der Waals surface area contributed by atoms with E-state index in [4.69, 9.17) is 5.73 Å². The Morgan fingerprint density at radius 2 is 2.29 bits per heavy atom. The highest BCUT2D eigenvalue weighted by molar-refractivity contribution is 9.10. The van der Waals surface area contributed by atoms with Crippen molar-refractivity contribution in [3.8, 4) is 0 Å². The molecule has 0 aliphatic carbocycles. The van der Waals surface area contributed by atoms with Crippen molar-refractivity contribution in [2.45, 2.75) is 32.9 Å². The van der Waals surface area contributed by atoms with Crippen LogP contribution in [0.3, 0.4) is 0 Å². The van der Waals surface area contributed by atoms with Crippen molar-refractivity contribution in [1.82, 2.24) is 5.32 Å². The predicted octanol–water partition coefficient (Wildman–Crippen LogP) is 2.79. The summed E-state index contributed by atoms with van der Waals surface area (Å²) < 4.78 is 14.2. The number of guanidine groups is 1. The Morgan fingerprint density at radius 1 is 1.59 bits per heavy atom. The maximum absolute atomic E-state index is 13.5. The van der Waals surface area contributed by atoms with Crippen LogP contribution in [0.1, 0.15) is 25.8 Å². The molecule has 0 heterocycles. The summed E-state index contributed by atoms with van der Waals surface area (Å²) in [5.41, 5.74) is 6.21. The molecule has 1 unspecified atom stereocenters. The maximum atomic E-state index is 13.5. The second kappa shape index (κ2) is 6.59. The van der Waals surface area contributed by atoms with Crippen LogP contribution in [0.5, 0.6) is 0 Å². The second-order valence-corrected chi connectivity index (χ2v) is 4.81. The van der Waals surface area contributed by atoms with Crippen LogP contribution < -0.4 is 11.1 Å². The van der Waals surface area contributed by atoms with Gasteiger partial charge in [-0.3, -0.25) is 0 Å². The number of nitrogens with one attached hydrogen (secondary N) is 1. The summed E-state index contributed by atoms with van der Waals surface area (Å²) >= 11 is 3.21. The number of nitrogens with zero attached hydrogens (tertiary/aromatic N) is 1. The molecule has 1 aromatic rings. The number of aliphatic imine (C=N–C) groups is 1. The third-order valence-corrected chi connectivity index (χ3v) is 2.93. The zero-order chi connectivity index (χ0) is 12.8. The number of nitrogens with two attached hydrogens (primary N) is 1. The molecule has 3 nitrogen and oxygen atoms in total. The van der Waals surface area contributed by atoms with Gasteiger partial charge in [0.25, 0.3) is 0 Å². The molecule has 0 aromatic heterocycles. The van der Waals surface area contributed by atoms with Crippen molar-refractivity contribution in [3.63, 3.8) is 0 Å². The van der Waals surface area contributed by atoms with E-state index in [2.05, 4.69) is 33.2 Å². The van der Waals surface area contributed by atoms with Gasteiger partial charge < -0.3 is 11.1 Å². The first-order valence-electron chi connectivity index (χ1n) is 5.53. The molecule has 0 spiro atoms. The molecule has 0 amide bonds. The van der Waals surface area contributed by atoms with Crippen molar-refractivity contribution in [2.24, 2.45) is 10.7 Å². The van der Waals surface area contributed by atoms with Crippen molar-refractivity contribution in [3.05, 3.63) is 34.1 Å². The predicted molar refractivity (Wildman–Crippen MR) is 72.3 cm³/mol. The molecule has 17 heavy (non-hydrogen) atoms. The minimum atomic E-state index is -0.278. The number of hydrogen-bond acceptors (Lipinski definition) is 1. The fraction of sp³-hybridized carbons (Fsp3) is 0.417. The Labute approximate surface area is 109 Å².